The second kappa shape index (κ2) is 31.3. The van der Waals surface area contributed by atoms with E-state index in [-0.39, 0.29) is 22.3 Å². The molecule has 0 radical (unpaired) electrons. The van der Waals surface area contributed by atoms with E-state index in [1.165, 1.54) is 113 Å². The van der Waals surface area contributed by atoms with Gasteiger partial charge in [0.25, 0.3) is 0 Å². The Morgan fingerprint density at radius 2 is 0.596 bits per heavy atom. The normalized spacial score (nSPS) is 18.5. The molecule has 5 rings (SSSR count). The minimum Gasteiger partial charge on any atom is -0.396 e. The van der Waals surface area contributed by atoms with Crippen LogP contribution < -0.4 is 0 Å². The molecule has 8 nitrogen and oxygen atoms in total. The standard InChI is InChI=1S/C12H21NO.2C10H19NO.C9H17NO.3CH4/c1-10(2)9-14-13-11-3-5-12(6-4-11)7-8-12;2*1-9(2)8-12-11-10-6-4-3-5-7-10;1-8(2)7-11-10-9-5-3-4-6-9;;;/h10H,3-9H2,1-2H3;2*9H,3-8H2,1-2H3;8H,3-7H2,1-2H3;3*1H4. The van der Waals surface area contributed by atoms with Crippen molar-refractivity contribution in [2.75, 3.05) is 26.4 Å². The average molecular weight is 737 g/mol. The van der Waals surface area contributed by atoms with Crippen LogP contribution in [0.5, 0.6) is 0 Å². The highest BCUT2D eigenvalue weighted by Crippen LogP contribution is 2.55. The highest BCUT2D eigenvalue weighted by atomic mass is 16.6. The molecule has 0 aromatic heterocycles. The maximum Gasteiger partial charge on any atom is 0.119 e. The summed E-state index contributed by atoms with van der Waals surface area (Å²) in [6, 6.07) is 0. The van der Waals surface area contributed by atoms with E-state index < -0.39 is 0 Å². The molecular weight excluding hydrogens is 649 g/mol. The zero-order valence-electron chi connectivity index (χ0n) is 33.2. The number of hydrogen-bond donors (Lipinski definition) is 0. The molecule has 0 unspecified atom stereocenters. The van der Waals surface area contributed by atoms with Crippen molar-refractivity contribution in [1.29, 1.82) is 0 Å². The highest BCUT2D eigenvalue weighted by molar-refractivity contribution is 5.86. The molecule has 0 heterocycles. The van der Waals surface area contributed by atoms with Crippen LogP contribution in [0.2, 0.25) is 0 Å². The Morgan fingerprint density at radius 3 is 0.827 bits per heavy atom. The van der Waals surface area contributed by atoms with Crippen LogP contribution >= 0.6 is 0 Å². The van der Waals surface area contributed by atoms with Gasteiger partial charge in [0, 0.05) is 0 Å². The molecule has 5 saturated carbocycles. The van der Waals surface area contributed by atoms with Gasteiger partial charge in [-0.05, 0) is 145 Å². The topological polar surface area (TPSA) is 86.4 Å². The summed E-state index contributed by atoms with van der Waals surface area (Å²) in [6.07, 6.45) is 25.4. The Labute approximate surface area is 323 Å². The van der Waals surface area contributed by atoms with Crippen molar-refractivity contribution in [3.05, 3.63) is 0 Å². The van der Waals surface area contributed by atoms with E-state index in [1.807, 2.05) is 0 Å². The van der Waals surface area contributed by atoms with Gasteiger partial charge in [-0.1, -0.05) is 111 Å². The van der Waals surface area contributed by atoms with Crippen molar-refractivity contribution in [3.63, 3.8) is 0 Å². The van der Waals surface area contributed by atoms with Crippen molar-refractivity contribution in [1.82, 2.24) is 0 Å². The Balaban J connectivity index is 0. The first-order valence-electron chi connectivity index (χ1n) is 20.3. The third-order valence-electron chi connectivity index (χ3n) is 9.29. The molecule has 0 bridgehead atoms. The maximum absolute atomic E-state index is 5.31. The van der Waals surface area contributed by atoms with Gasteiger partial charge in [-0.3, -0.25) is 0 Å². The molecule has 1 spiro atoms. The van der Waals surface area contributed by atoms with Crippen molar-refractivity contribution < 1.29 is 19.4 Å². The van der Waals surface area contributed by atoms with E-state index in [0.717, 1.165) is 70.4 Å². The smallest absolute Gasteiger partial charge is 0.119 e. The number of nitrogens with zero attached hydrogens (tertiary/aromatic N) is 4. The van der Waals surface area contributed by atoms with Crippen molar-refractivity contribution in [2.45, 2.75) is 206 Å². The van der Waals surface area contributed by atoms with E-state index in [9.17, 15) is 0 Å². The predicted octanol–water partition coefficient (Wildman–Crippen LogP) is 13.8. The van der Waals surface area contributed by atoms with Crippen LogP contribution in [-0.2, 0) is 19.4 Å². The summed E-state index contributed by atoms with van der Waals surface area (Å²) in [4.78, 5) is 20.9. The zero-order valence-corrected chi connectivity index (χ0v) is 33.2. The lowest BCUT2D eigenvalue weighted by Gasteiger charge is -2.21. The van der Waals surface area contributed by atoms with Gasteiger partial charge >= 0.3 is 0 Å². The molecule has 0 N–H and O–H groups in total. The summed E-state index contributed by atoms with van der Waals surface area (Å²) in [5.41, 5.74) is 5.84. The van der Waals surface area contributed by atoms with Crippen LogP contribution in [-0.4, -0.2) is 49.3 Å². The third-order valence-corrected chi connectivity index (χ3v) is 9.29. The van der Waals surface area contributed by atoms with Crippen molar-refractivity contribution in [3.8, 4) is 0 Å². The fraction of sp³-hybridized carbons (Fsp3) is 0.909. The first-order chi connectivity index (χ1) is 23.6. The molecule has 5 aliphatic rings. The summed E-state index contributed by atoms with van der Waals surface area (Å²) < 4.78 is 0. The van der Waals surface area contributed by atoms with Gasteiger partial charge in [-0.25, -0.2) is 0 Å². The molecular formula is C44H88N4O4. The molecule has 308 valence electrons. The largest absolute Gasteiger partial charge is 0.396 e. The minimum atomic E-state index is 0. The monoisotopic (exact) mass is 737 g/mol. The second-order valence-corrected chi connectivity index (χ2v) is 16.7. The van der Waals surface area contributed by atoms with Crippen LogP contribution in [0.4, 0.5) is 0 Å². The minimum absolute atomic E-state index is 0. The van der Waals surface area contributed by atoms with Crippen LogP contribution in [0.15, 0.2) is 20.6 Å². The Kier molecular flexibility index (Phi) is 31.2. The number of rotatable bonds is 12. The van der Waals surface area contributed by atoms with Gasteiger partial charge < -0.3 is 19.4 Å². The molecule has 0 saturated heterocycles. The Hall–Kier alpha value is -2.12. The highest BCUT2D eigenvalue weighted by Gasteiger charge is 2.44. The zero-order chi connectivity index (χ0) is 35.7. The third kappa shape index (κ3) is 27.5. The van der Waals surface area contributed by atoms with E-state index in [0.29, 0.717) is 23.7 Å². The van der Waals surface area contributed by atoms with E-state index >= 15 is 0 Å². The van der Waals surface area contributed by atoms with E-state index in [1.54, 1.807) is 0 Å². The first-order valence-corrected chi connectivity index (χ1v) is 20.3. The van der Waals surface area contributed by atoms with Gasteiger partial charge in [-0.2, -0.15) is 0 Å². The van der Waals surface area contributed by atoms with Crippen LogP contribution in [0.25, 0.3) is 0 Å². The SMILES string of the molecule is C.C.C.CC(C)CON=C1CCC2(CC1)CC2.CC(C)CON=C1CCCC1.CC(C)CON=C1CCCCC1.CC(C)CON=C1CCCCC1. The number of hydrogen-bond acceptors (Lipinski definition) is 8. The number of oxime groups is 4. The first kappa shape index (κ1) is 52.0. The van der Waals surface area contributed by atoms with Gasteiger partial charge in [0.15, 0.2) is 0 Å². The molecule has 5 fully saturated rings. The van der Waals surface area contributed by atoms with Crippen molar-refractivity contribution in [2.24, 2.45) is 49.7 Å². The predicted molar refractivity (Wildman–Crippen MR) is 228 cm³/mol. The maximum atomic E-state index is 5.31. The van der Waals surface area contributed by atoms with Gasteiger partial charge in [0.05, 0.1) is 22.8 Å². The molecule has 0 aliphatic heterocycles. The van der Waals surface area contributed by atoms with Gasteiger partial charge in [0.1, 0.15) is 26.4 Å². The summed E-state index contributed by atoms with van der Waals surface area (Å²) in [6.45, 7) is 20.2. The fourth-order valence-electron chi connectivity index (χ4n) is 5.92. The molecule has 5 aliphatic carbocycles. The molecule has 52 heavy (non-hydrogen) atoms. The lowest BCUT2D eigenvalue weighted by molar-refractivity contribution is 0.116. The quantitative estimate of drug-likeness (QED) is 0.187. The van der Waals surface area contributed by atoms with Gasteiger partial charge in [-0.15, -0.1) is 0 Å². The lowest BCUT2D eigenvalue weighted by Crippen LogP contribution is -2.15. The fourth-order valence-corrected chi connectivity index (χ4v) is 5.92. The average Bonchev–Trinajstić information content (AvgIpc) is 3.62. The lowest BCUT2D eigenvalue weighted by atomic mass is 9.85. The summed E-state index contributed by atoms with van der Waals surface area (Å²) >= 11 is 0. The summed E-state index contributed by atoms with van der Waals surface area (Å²) in [5.74, 6) is 2.33. The summed E-state index contributed by atoms with van der Waals surface area (Å²) in [5, 5.41) is 16.6. The Bertz CT molecular complexity index is 911. The summed E-state index contributed by atoms with van der Waals surface area (Å²) in [7, 11) is 0. The van der Waals surface area contributed by atoms with Crippen molar-refractivity contribution >= 4 is 22.8 Å². The van der Waals surface area contributed by atoms with Crippen LogP contribution in [0, 0.1) is 29.1 Å². The van der Waals surface area contributed by atoms with Crippen LogP contribution in [0.3, 0.4) is 0 Å². The molecule has 0 aromatic carbocycles. The second-order valence-electron chi connectivity index (χ2n) is 16.7. The Morgan fingerprint density at radius 1 is 0.365 bits per heavy atom. The van der Waals surface area contributed by atoms with Gasteiger partial charge in [0.2, 0.25) is 0 Å². The molecule has 0 amide bonds. The van der Waals surface area contributed by atoms with E-state index in [2.05, 4.69) is 76.0 Å². The van der Waals surface area contributed by atoms with E-state index in [4.69, 9.17) is 19.4 Å². The molecule has 0 atom stereocenters. The molecule has 0 aromatic rings. The van der Waals surface area contributed by atoms with Crippen LogP contribution in [0.1, 0.15) is 206 Å². The molecule has 8 heteroatoms.